The first-order chi connectivity index (χ1) is 14.2. The fourth-order valence-corrected chi connectivity index (χ4v) is 4.27. The zero-order chi connectivity index (χ0) is 20.1. The van der Waals surface area contributed by atoms with Crippen LogP contribution < -0.4 is 4.74 Å². The number of piperidine rings is 1. The molecule has 2 aliphatic heterocycles. The van der Waals surface area contributed by atoms with Crippen molar-refractivity contribution in [3.05, 3.63) is 54.0 Å². The minimum absolute atomic E-state index is 0.139. The molecule has 29 heavy (non-hydrogen) atoms. The van der Waals surface area contributed by atoms with Crippen LogP contribution in [0.1, 0.15) is 36.9 Å². The van der Waals surface area contributed by atoms with Crippen LogP contribution >= 0.6 is 0 Å². The van der Waals surface area contributed by atoms with E-state index in [1.807, 2.05) is 41.3 Å². The van der Waals surface area contributed by atoms with Crippen molar-refractivity contribution in [2.24, 2.45) is 0 Å². The number of nitriles is 1. The number of hydrogen-bond donors (Lipinski definition) is 0. The summed E-state index contributed by atoms with van der Waals surface area (Å²) in [5.41, 5.74) is 0.671. The topological polar surface area (TPSA) is 88.3 Å². The molecular weight excluding hydrogens is 368 g/mol. The predicted molar refractivity (Wildman–Crippen MR) is 105 cm³/mol. The predicted octanol–water partition coefficient (Wildman–Crippen LogP) is 2.47. The van der Waals surface area contributed by atoms with Gasteiger partial charge in [-0.1, -0.05) is 30.3 Å². The quantitative estimate of drug-likeness (QED) is 0.794. The lowest BCUT2D eigenvalue weighted by molar-refractivity contribution is -0.144. The summed E-state index contributed by atoms with van der Waals surface area (Å²) in [7, 11) is 0. The lowest BCUT2D eigenvalue weighted by Crippen LogP contribution is -2.54. The molecule has 1 unspecified atom stereocenters. The van der Waals surface area contributed by atoms with E-state index in [1.54, 1.807) is 0 Å². The van der Waals surface area contributed by atoms with Crippen molar-refractivity contribution in [1.82, 2.24) is 14.9 Å². The van der Waals surface area contributed by atoms with E-state index in [4.69, 9.17) is 9.47 Å². The van der Waals surface area contributed by atoms with Crippen LogP contribution in [0, 0.1) is 11.3 Å². The molecule has 0 N–H and O–H groups in total. The molecule has 0 bridgehead atoms. The standard InChI is InChI=1S/C22H24N4O3/c23-15-19-20(25-11-10-24-19)29-18-7-4-12-26(16-18)21(27)22(8-13-28-14-9-22)17-5-2-1-3-6-17/h1-3,5-6,10-11,18H,4,7-9,12-14,16H2. The van der Waals surface area contributed by atoms with Crippen LogP contribution in [0.5, 0.6) is 5.88 Å². The average molecular weight is 392 g/mol. The minimum atomic E-state index is -0.550. The molecule has 4 rings (SSSR count). The van der Waals surface area contributed by atoms with Gasteiger partial charge in [-0.3, -0.25) is 4.79 Å². The van der Waals surface area contributed by atoms with Crippen molar-refractivity contribution in [3.8, 4) is 11.9 Å². The first-order valence-electron chi connectivity index (χ1n) is 10.0. The Morgan fingerprint density at radius 2 is 1.97 bits per heavy atom. The van der Waals surface area contributed by atoms with E-state index in [-0.39, 0.29) is 23.6 Å². The molecule has 150 valence electrons. The van der Waals surface area contributed by atoms with Gasteiger partial charge in [0, 0.05) is 32.2 Å². The van der Waals surface area contributed by atoms with Gasteiger partial charge in [0.25, 0.3) is 5.88 Å². The first kappa shape index (κ1) is 19.3. The van der Waals surface area contributed by atoms with Crippen molar-refractivity contribution in [2.45, 2.75) is 37.2 Å². The van der Waals surface area contributed by atoms with Gasteiger partial charge in [-0.25, -0.2) is 9.97 Å². The maximum absolute atomic E-state index is 13.7. The normalized spacial score (nSPS) is 21.2. The Hall–Kier alpha value is -2.98. The highest BCUT2D eigenvalue weighted by Gasteiger charge is 2.45. The van der Waals surface area contributed by atoms with E-state index in [0.29, 0.717) is 39.1 Å². The number of carbonyl (C=O) groups is 1. The third kappa shape index (κ3) is 3.94. The van der Waals surface area contributed by atoms with E-state index in [9.17, 15) is 10.1 Å². The molecule has 3 heterocycles. The van der Waals surface area contributed by atoms with Crippen molar-refractivity contribution in [1.29, 1.82) is 5.26 Å². The van der Waals surface area contributed by atoms with Gasteiger partial charge >= 0.3 is 0 Å². The first-order valence-corrected chi connectivity index (χ1v) is 10.0. The van der Waals surface area contributed by atoms with Gasteiger partial charge in [0.2, 0.25) is 11.6 Å². The largest absolute Gasteiger partial charge is 0.470 e. The van der Waals surface area contributed by atoms with Gasteiger partial charge < -0.3 is 14.4 Å². The Balaban J connectivity index is 1.54. The summed E-state index contributed by atoms with van der Waals surface area (Å²) in [4.78, 5) is 23.8. The highest BCUT2D eigenvalue weighted by molar-refractivity contribution is 5.88. The monoisotopic (exact) mass is 392 g/mol. The van der Waals surface area contributed by atoms with E-state index in [1.165, 1.54) is 12.4 Å². The molecule has 0 spiro atoms. The number of aromatic nitrogens is 2. The van der Waals surface area contributed by atoms with Crippen LogP contribution in [0.3, 0.4) is 0 Å². The maximum Gasteiger partial charge on any atom is 0.251 e. The maximum atomic E-state index is 13.7. The Morgan fingerprint density at radius 3 is 2.72 bits per heavy atom. The molecule has 7 nitrogen and oxygen atoms in total. The average Bonchev–Trinajstić information content (AvgIpc) is 2.80. The second kappa shape index (κ2) is 8.58. The Bertz CT molecular complexity index is 890. The van der Waals surface area contributed by atoms with E-state index >= 15 is 0 Å². The molecule has 1 amide bonds. The summed E-state index contributed by atoms with van der Waals surface area (Å²) in [6.07, 6.45) is 5.79. The summed E-state index contributed by atoms with van der Waals surface area (Å²) in [5, 5.41) is 9.21. The van der Waals surface area contributed by atoms with Crippen molar-refractivity contribution >= 4 is 5.91 Å². The molecule has 7 heteroatoms. The fourth-order valence-electron chi connectivity index (χ4n) is 4.27. The Kier molecular flexibility index (Phi) is 5.72. The van der Waals surface area contributed by atoms with Gasteiger partial charge in [-0.2, -0.15) is 5.26 Å². The van der Waals surface area contributed by atoms with Gasteiger partial charge in [0.1, 0.15) is 12.2 Å². The molecule has 1 aromatic carbocycles. The molecule has 2 saturated heterocycles. The molecule has 2 aromatic rings. The smallest absolute Gasteiger partial charge is 0.251 e. The van der Waals surface area contributed by atoms with E-state index in [0.717, 1.165) is 18.4 Å². The summed E-state index contributed by atoms with van der Waals surface area (Å²) in [5.74, 6) is 0.373. The molecule has 0 radical (unpaired) electrons. The second-order valence-corrected chi connectivity index (χ2v) is 7.52. The summed E-state index contributed by atoms with van der Waals surface area (Å²) < 4.78 is 11.5. The summed E-state index contributed by atoms with van der Waals surface area (Å²) in [6, 6.07) is 12.0. The fraction of sp³-hybridized carbons (Fsp3) is 0.455. The number of benzene rings is 1. The Labute approximate surface area is 170 Å². The van der Waals surface area contributed by atoms with Crippen LogP contribution in [0.2, 0.25) is 0 Å². The van der Waals surface area contributed by atoms with Crippen LogP contribution in [0.25, 0.3) is 0 Å². The summed E-state index contributed by atoms with van der Waals surface area (Å²) >= 11 is 0. The SMILES string of the molecule is N#Cc1nccnc1OC1CCCN(C(=O)C2(c3ccccc3)CCOCC2)C1. The third-order valence-electron chi connectivity index (χ3n) is 5.80. The van der Waals surface area contributed by atoms with Crippen LogP contribution in [0.4, 0.5) is 0 Å². The summed E-state index contributed by atoms with van der Waals surface area (Å²) in [6.45, 7) is 2.36. The highest BCUT2D eigenvalue weighted by atomic mass is 16.5. The number of nitrogens with zero attached hydrogens (tertiary/aromatic N) is 4. The third-order valence-corrected chi connectivity index (χ3v) is 5.80. The molecule has 0 saturated carbocycles. The van der Waals surface area contributed by atoms with Crippen LogP contribution in [0.15, 0.2) is 42.7 Å². The van der Waals surface area contributed by atoms with E-state index < -0.39 is 5.41 Å². The number of rotatable bonds is 4. The molecular formula is C22H24N4O3. The minimum Gasteiger partial charge on any atom is -0.470 e. The Morgan fingerprint density at radius 1 is 1.21 bits per heavy atom. The number of hydrogen-bond acceptors (Lipinski definition) is 6. The number of carbonyl (C=O) groups excluding carboxylic acids is 1. The van der Waals surface area contributed by atoms with Crippen LogP contribution in [-0.4, -0.2) is 53.2 Å². The van der Waals surface area contributed by atoms with Gasteiger partial charge in [0.15, 0.2) is 0 Å². The van der Waals surface area contributed by atoms with Crippen molar-refractivity contribution in [3.63, 3.8) is 0 Å². The van der Waals surface area contributed by atoms with Crippen LogP contribution in [-0.2, 0) is 14.9 Å². The zero-order valence-electron chi connectivity index (χ0n) is 16.3. The molecule has 1 atom stereocenters. The molecule has 2 aliphatic rings. The van der Waals surface area contributed by atoms with E-state index in [2.05, 4.69) is 9.97 Å². The van der Waals surface area contributed by atoms with Crippen molar-refractivity contribution in [2.75, 3.05) is 26.3 Å². The van der Waals surface area contributed by atoms with Gasteiger partial charge in [-0.15, -0.1) is 0 Å². The van der Waals surface area contributed by atoms with Gasteiger partial charge in [0.05, 0.1) is 12.0 Å². The van der Waals surface area contributed by atoms with Crippen molar-refractivity contribution < 1.29 is 14.3 Å². The highest BCUT2D eigenvalue weighted by Crippen LogP contribution is 2.37. The number of likely N-dealkylation sites (tertiary alicyclic amines) is 1. The lowest BCUT2D eigenvalue weighted by atomic mass is 9.72. The zero-order valence-corrected chi connectivity index (χ0v) is 16.3. The molecule has 2 fully saturated rings. The lowest BCUT2D eigenvalue weighted by Gasteiger charge is -2.42. The molecule has 0 aliphatic carbocycles. The second-order valence-electron chi connectivity index (χ2n) is 7.52. The van der Waals surface area contributed by atoms with Gasteiger partial charge in [-0.05, 0) is 31.2 Å². The molecule has 1 aromatic heterocycles. The number of ether oxygens (including phenoxy) is 2. The number of amides is 1.